The van der Waals surface area contributed by atoms with Gasteiger partial charge in [0.2, 0.25) is 0 Å². The first-order chi connectivity index (χ1) is 12.1. The van der Waals surface area contributed by atoms with E-state index in [0.29, 0.717) is 13.0 Å². The van der Waals surface area contributed by atoms with Crippen molar-refractivity contribution in [3.05, 3.63) is 77.4 Å². The molecule has 2 aromatic rings. The number of carbonyl (C=O) groups excluding carboxylic acids is 1. The van der Waals surface area contributed by atoms with Gasteiger partial charge >= 0.3 is 0 Å². The first kappa shape index (κ1) is 19.0. The highest BCUT2D eigenvalue weighted by molar-refractivity contribution is 5.75. The minimum absolute atomic E-state index is 0.231. The molecular weight excluding hydrogens is 308 g/mol. The molecule has 0 N–H and O–H groups in total. The maximum atomic E-state index is 11.0. The number of carbonyl (C=O) groups is 1. The smallest absolute Gasteiger partial charge is 0.130 e. The second-order valence-electron chi connectivity index (χ2n) is 6.52. The standard InChI is InChI=1S/C23H28O2/c1-19(10-12-21-8-4-3-5-9-21)7-6-18-25-23-16-14-22(15-17-23)13-11-20(2)24/h3-5,7-9,14-17H,6,10-13,18H2,1-2H3. The van der Waals surface area contributed by atoms with E-state index in [9.17, 15) is 4.79 Å². The van der Waals surface area contributed by atoms with Crippen molar-refractivity contribution in [3.8, 4) is 5.75 Å². The summed E-state index contributed by atoms with van der Waals surface area (Å²) in [6.45, 7) is 4.51. The van der Waals surface area contributed by atoms with Crippen LogP contribution in [0.1, 0.15) is 44.2 Å². The lowest BCUT2D eigenvalue weighted by atomic mass is 10.1. The lowest BCUT2D eigenvalue weighted by Gasteiger charge is -2.07. The van der Waals surface area contributed by atoms with Crippen molar-refractivity contribution in [2.45, 2.75) is 46.0 Å². The van der Waals surface area contributed by atoms with E-state index in [1.165, 1.54) is 16.7 Å². The molecule has 0 aromatic heterocycles. The SMILES string of the molecule is CC(=O)CCc1ccc(OCCC=C(C)CCc2ccccc2)cc1. The molecule has 0 aliphatic carbocycles. The maximum Gasteiger partial charge on any atom is 0.130 e. The summed E-state index contributed by atoms with van der Waals surface area (Å²) in [5, 5.41) is 0. The highest BCUT2D eigenvalue weighted by Crippen LogP contribution is 2.14. The Morgan fingerprint density at radius 1 is 0.880 bits per heavy atom. The van der Waals surface area contributed by atoms with Crippen LogP contribution >= 0.6 is 0 Å². The van der Waals surface area contributed by atoms with E-state index in [4.69, 9.17) is 4.74 Å². The lowest BCUT2D eigenvalue weighted by molar-refractivity contribution is -0.116. The topological polar surface area (TPSA) is 26.3 Å². The largest absolute Gasteiger partial charge is 0.493 e. The molecule has 0 heterocycles. The van der Waals surface area contributed by atoms with E-state index in [2.05, 4.69) is 43.3 Å². The number of rotatable bonds is 10. The van der Waals surface area contributed by atoms with Gasteiger partial charge in [-0.3, -0.25) is 0 Å². The fourth-order valence-corrected chi connectivity index (χ4v) is 2.64. The van der Waals surface area contributed by atoms with Gasteiger partial charge in [-0.2, -0.15) is 0 Å². The average Bonchev–Trinajstić information content (AvgIpc) is 2.63. The Morgan fingerprint density at radius 2 is 1.52 bits per heavy atom. The number of ketones is 1. The Bertz CT molecular complexity index is 669. The lowest BCUT2D eigenvalue weighted by Crippen LogP contribution is -1.97. The Morgan fingerprint density at radius 3 is 2.20 bits per heavy atom. The van der Waals surface area contributed by atoms with Crippen molar-refractivity contribution >= 4 is 5.78 Å². The summed E-state index contributed by atoms with van der Waals surface area (Å²) in [6.07, 6.45) is 6.78. The highest BCUT2D eigenvalue weighted by atomic mass is 16.5. The van der Waals surface area contributed by atoms with Crippen molar-refractivity contribution in [1.82, 2.24) is 0 Å². The van der Waals surface area contributed by atoms with Crippen molar-refractivity contribution in [1.29, 1.82) is 0 Å². The number of benzene rings is 2. The van der Waals surface area contributed by atoms with Gasteiger partial charge in [0.1, 0.15) is 11.5 Å². The zero-order valence-electron chi connectivity index (χ0n) is 15.3. The van der Waals surface area contributed by atoms with Crippen LogP contribution in [0, 0.1) is 0 Å². The second kappa shape index (κ2) is 10.5. The van der Waals surface area contributed by atoms with Gasteiger partial charge in [0.05, 0.1) is 6.61 Å². The zero-order chi connectivity index (χ0) is 17.9. The van der Waals surface area contributed by atoms with Gasteiger partial charge in [0.25, 0.3) is 0 Å². The third kappa shape index (κ3) is 7.84. The van der Waals surface area contributed by atoms with Crippen molar-refractivity contribution in [3.63, 3.8) is 0 Å². The third-order valence-corrected chi connectivity index (χ3v) is 4.22. The molecule has 2 heteroatoms. The first-order valence-corrected chi connectivity index (χ1v) is 9.04. The van der Waals surface area contributed by atoms with Gasteiger partial charge in [0.15, 0.2) is 0 Å². The average molecular weight is 336 g/mol. The fourth-order valence-electron chi connectivity index (χ4n) is 2.64. The maximum absolute atomic E-state index is 11.0. The van der Waals surface area contributed by atoms with Gasteiger partial charge in [0, 0.05) is 6.42 Å². The van der Waals surface area contributed by atoms with E-state index >= 15 is 0 Å². The van der Waals surface area contributed by atoms with Gasteiger partial charge in [-0.25, -0.2) is 0 Å². The molecule has 0 atom stereocenters. The molecule has 132 valence electrons. The minimum Gasteiger partial charge on any atom is -0.493 e. The number of allylic oxidation sites excluding steroid dienone is 1. The molecule has 0 fully saturated rings. The molecular formula is C23H28O2. The quantitative estimate of drug-likeness (QED) is 0.419. The molecule has 2 nitrogen and oxygen atoms in total. The minimum atomic E-state index is 0.231. The molecule has 2 rings (SSSR count). The Balaban J connectivity index is 1.66. The van der Waals surface area contributed by atoms with E-state index in [1.807, 2.05) is 24.3 Å². The molecule has 0 aliphatic heterocycles. The normalized spacial score (nSPS) is 11.4. The molecule has 0 unspecified atom stereocenters. The van der Waals surface area contributed by atoms with Crippen molar-refractivity contribution < 1.29 is 9.53 Å². The van der Waals surface area contributed by atoms with Crippen LogP contribution in [0.15, 0.2) is 66.2 Å². The van der Waals surface area contributed by atoms with Crippen LogP contribution < -0.4 is 4.74 Å². The van der Waals surface area contributed by atoms with E-state index in [-0.39, 0.29) is 5.78 Å². The predicted molar refractivity (Wildman–Crippen MR) is 104 cm³/mol. The van der Waals surface area contributed by atoms with Gasteiger partial charge in [-0.1, -0.05) is 54.1 Å². The van der Waals surface area contributed by atoms with Gasteiger partial charge in [-0.15, -0.1) is 0 Å². The molecule has 2 aromatic carbocycles. The van der Waals surface area contributed by atoms with E-state index in [0.717, 1.165) is 31.4 Å². The summed E-state index contributed by atoms with van der Waals surface area (Å²) in [4.78, 5) is 11.0. The number of hydrogen-bond donors (Lipinski definition) is 0. The van der Waals surface area contributed by atoms with Crippen LogP contribution in [-0.4, -0.2) is 12.4 Å². The summed E-state index contributed by atoms with van der Waals surface area (Å²) >= 11 is 0. The summed E-state index contributed by atoms with van der Waals surface area (Å²) in [5.74, 6) is 1.12. The van der Waals surface area contributed by atoms with Crippen molar-refractivity contribution in [2.24, 2.45) is 0 Å². The zero-order valence-corrected chi connectivity index (χ0v) is 15.3. The monoisotopic (exact) mass is 336 g/mol. The molecule has 0 radical (unpaired) electrons. The van der Waals surface area contributed by atoms with Crippen LogP contribution in [-0.2, 0) is 17.6 Å². The summed E-state index contributed by atoms with van der Waals surface area (Å²) in [5.41, 5.74) is 3.97. The van der Waals surface area contributed by atoms with Gasteiger partial charge < -0.3 is 9.53 Å². The van der Waals surface area contributed by atoms with E-state index < -0.39 is 0 Å². The van der Waals surface area contributed by atoms with Crippen LogP contribution in [0.3, 0.4) is 0 Å². The third-order valence-electron chi connectivity index (χ3n) is 4.22. The number of ether oxygens (including phenoxy) is 1. The molecule has 0 saturated carbocycles. The number of hydrogen-bond acceptors (Lipinski definition) is 2. The molecule has 0 bridgehead atoms. The fraction of sp³-hybridized carbons (Fsp3) is 0.348. The van der Waals surface area contributed by atoms with Crippen molar-refractivity contribution in [2.75, 3.05) is 6.61 Å². The predicted octanol–water partition coefficient (Wildman–Crippen LogP) is 5.56. The molecule has 0 spiro atoms. The van der Waals surface area contributed by atoms with E-state index in [1.54, 1.807) is 6.92 Å². The number of aryl methyl sites for hydroxylation is 2. The molecule has 0 saturated heterocycles. The van der Waals surface area contributed by atoms with Crippen LogP contribution in [0.4, 0.5) is 0 Å². The molecule has 0 amide bonds. The van der Waals surface area contributed by atoms with Gasteiger partial charge in [-0.05, 0) is 62.8 Å². The summed E-state index contributed by atoms with van der Waals surface area (Å²) in [6, 6.07) is 18.6. The molecule has 0 aliphatic rings. The Hall–Kier alpha value is -2.35. The summed E-state index contributed by atoms with van der Waals surface area (Å²) in [7, 11) is 0. The first-order valence-electron chi connectivity index (χ1n) is 9.04. The second-order valence-corrected chi connectivity index (χ2v) is 6.52. The van der Waals surface area contributed by atoms with Crippen LogP contribution in [0.25, 0.3) is 0 Å². The van der Waals surface area contributed by atoms with Crippen LogP contribution in [0.5, 0.6) is 5.75 Å². The Labute approximate surface area is 151 Å². The highest BCUT2D eigenvalue weighted by Gasteiger charge is 1.99. The number of Topliss-reactive ketones (excluding diaryl/α,β-unsaturated/α-hetero) is 1. The summed E-state index contributed by atoms with van der Waals surface area (Å²) < 4.78 is 5.79. The Kier molecular flexibility index (Phi) is 7.97. The van der Waals surface area contributed by atoms with Crippen LogP contribution in [0.2, 0.25) is 0 Å². The molecule has 25 heavy (non-hydrogen) atoms.